The molecule has 0 aromatic carbocycles. The molecule has 0 atom stereocenters. The number of carbonyl (C=O) groups is 1. The van der Waals surface area contributed by atoms with E-state index in [9.17, 15) is 4.79 Å². The molecule has 0 unspecified atom stereocenters. The summed E-state index contributed by atoms with van der Waals surface area (Å²) >= 11 is 0. The van der Waals surface area contributed by atoms with Crippen LogP contribution in [0, 0.1) is 5.92 Å². The Labute approximate surface area is 110 Å². The van der Waals surface area contributed by atoms with E-state index in [0.29, 0.717) is 18.4 Å². The molecule has 3 fully saturated rings. The minimum absolute atomic E-state index is 0.188. The first-order valence-electron chi connectivity index (χ1n) is 7.75. The van der Waals surface area contributed by atoms with Gasteiger partial charge in [-0.15, -0.1) is 0 Å². The van der Waals surface area contributed by atoms with Gasteiger partial charge in [-0.1, -0.05) is 19.3 Å². The van der Waals surface area contributed by atoms with Gasteiger partial charge in [0.15, 0.2) is 0 Å². The first-order chi connectivity index (χ1) is 8.66. The molecule has 1 amide bonds. The maximum atomic E-state index is 12.5. The summed E-state index contributed by atoms with van der Waals surface area (Å²) < 4.78 is 0. The number of rotatable bonds is 5. The standard InChI is InChI=1S/C15H26N2O/c16-15(8-2-1-3-9-15)10-14(18)17(13-6-7-13)11-12-4-5-12/h12-13H,1-11,16H2. The fourth-order valence-electron chi connectivity index (χ4n) is 3.25. The van der Waals surface area contributed by atoms with E-state index >= 15 is 0 Å². The summed E-state index contributed by atoms with van der Waals surface area (Å²) in [5, 5.41) is 0. The summed E-state index contributed by atoms with van der Waals surface area (Å²) in [5.41, 5.74) is 6.23. The predicted octanol–water partition coefficient (Wildman–Crippen LogP) is 2.44. The second kappa shape index (κ2) is 4.84. The summed E-state index contributed by atoms with van der Waals surface area (Å²) in [5.74, 6) is 1.14. The molecule has 3 nitrogen and oxygen atoms in total. The quantitative estimate of drug-likeness (QED) is 0.814. The third-order valence-corrected chi connectivity index (χ3v) is 4.81. The molecule has 102 valence electrons. The second-order valence-corrected chi connectivity index (χ2v) is 6.82. The number of hydrogen-bond donors (Lipinski definition) is 1. The molecule has 0 aliphatic heterocycles. The number of amides is 1. The van der Waals surface area contributed by atoms with Crippen LogP contribution >= 0.6 is 0 Å². The van der Waals surface area contributed by atoms with Crippen LogP contribution in [0.15, 0.2) is 0 Å². The third kappa shape index (κ3) is 3.05. The average molecular weight is 250 g/mol. The Hall–Kier alpha value is -0.570. The zero-order valence-electron chi connectivity index (χ0n) is 11.4. The van der Waals surface area contributed by atoms with Gasteiger partial charge in [0.05, 0.1) is 0 Å². The van der Waals surface area contributed by atoms with Crippen molar-refractivity contribution in [3.8, 4) is 0 Å². The van der Waals surface area contributed by atoms with E-state index in [1.807, 2.05) is 0 Å². The number of nitrogens with zero attached hydrogens (tertiary/aromatic N) is 1. The van der Waals surface area contributed by atoms with Crippen LogP contribution in [0.3, 0.4) is 0 Å². The van der Waals surface area contributed by atoms with Gasteiger partial charge in [-0.2, -0.15) is 0 Å². The summed E-state index contributed by atoms with van der Waals surface area (Å²) in [7, 11) is 0. The van der Waals surface area contributed by atoms with E-state index in [2.05, 4.69) is 4.90 Å². The number of nitrogens with two attached hydrogens (primary N) is 1. The van der Waals surface area contributed by atoms with Gasteiger partial charge in [0.25, 0.3) is 0 Å². The molecular weight excluding hydrogens is 224 g/mol. The Morgan fingerprint density at radius 1 is 1.11 bits per heavy atom. The van der Waals surface area contributed by atoms with E-state index in [1.165, 1.54) is 44.9 Å². The lowest BCUT2D eigenvalue weighted by atomic mass is 9.80. The lowest BCUT2D eigenvalue weighted by molar-refractivity contribution is -0.133. The molecule has 3 aliphatic rings. The van der Waals surface area contributed by atoms with Gasteiger partial charge in [0.2, 0.25) is 5.91 Å². The van der Waals surface area contributed by atoms with Crippen LogP contribution in [-0.2, 0) is 4.79 Å². The SMILES string of the molecule is NC1(CC(=O)N(CC2CC2)C2CC2)CCCCC1. The average Bonchev–Trinajstić information content (AvgIpc) is 3.19. The zero-order chi connectivity index (χ0) is 12.6. The van der Waals surface area contributed by atoms with Crippen LogP contribution in [0.25, 0.3) is 0 Å². The van der Waals surface area contributed by atoms with Crippen LogP contribution in [-0.4, -0.2) is 28.9 Å². The Bertz CT molecular complexity index is 314. The monoisotopic (exact) mass is 250 g/mol. The summed E-state index contributed by atoms with van der Waals surface area (Å²) in [6.07, 6.45) is 11.5. The molecule has 0 aromatic heterocycles. The minimum atomic E-state index is -0.188. The van der Waals surface area contributed by atoms with Crippen molar-refractivity contribution in [1.82, 2.24) is 4.90 Å². The molecule has 3 rings (SSSR count). The van der Waals surface area contributed by atoms with Gasteiger partial charge in [0, 0.05) is 24.5 Å². The Balaban J connectivity index is 1.57. The van der Waals surface area contributed by atoms with E-state index in [-0.39, 0.29) is 5.54 Å². The van der Waals surface area contributed by atoms with Crippen molar-refractivity contribution in [2.24, 2.45) is 11.7 Å². The normalized spacial score (nSPS) is 26.9. The second-order valence-electron chi connectivity index (χ2n) is 6.82. The number of hydrogen-bond acceptors (Lipinski definition) is 2. The molecule has 3 saturated carbocycles. The van der Waals surface area contributed by atoms with Gasteiger partial charge in [-0.25, -0.2) is 0 Å². The van der Waals surface area contributed by atoms with Crippen molar-refractivity contribution in [1.29, 1.82) is 0 Å². The van der Waals surface area contributed by atoms with Gasteiger partial charge >= 0.3 is 0 Å². The fraction of sp³-hybridized carbons (Fsp3) is 0.933. The highest BCUT2D eigenvalue weighted by Crippen LogP contribution is 2.36. The molecule has 3 aliphatic carbocycles. The van der Waals surface area contributed by atoms with E-state index in [4.69, 9.17) is 5.73 Å². The minimum Gasteiger partial charge on any atom is -0.339 e. The predicted molar refractivity (Wildman–Crippen MR) is 72.1 cm³/mol. The van der Waals surface area contributed by atoms with Crippen molar-refractivity contribution in [2.45, 2.75) is 75.8 Å². The van der Waals surface area contributed by atoms with Crippen molar-refractivity contribution >= 4 is 5.91 Å². The summed E-state index contributed by atoms with van der Waals surface area (Å²) in [6, 6.07) is 0.560. The highest BCUT2D eigenvalue weighted by molar-refractivity contribution is 5.78. The molecule has 3 heteroatoms. The van der Waals surface area contributed by atoms with Crippen molar-refractivity contribution in [3.63, 3.8) is 0 Å². The van der Waals surface area contributed by atoms with Crippen LogP contribution in [0.4, 0.5) is 0 Å². The Morgan fingerprint density at radius 2 is 1.78 bits per heavy atom. The van der Waals surface area contributed by atoms with E-state index in [1.54, 1.807) is 0 Å². The van der Waals surface area contributed by atoms with Crippen LogP contribution in [0.2, 0.25) is 0 Å². The molecule has 0 aromatic rings. The molecule has 0 heterocycles. The Kier molecular flexibility index (Phi) is 3.35. The lowest BCUT2D eigenvalue weighted by Crippen LogP contribution is -2.47. The largest absolute Gasteiger partial charge is 0.339 e. The lowest BCUT2D eigenvalue weighted by Gasteiger charge is -2.35. The highest BCUT2D eigenvalue weighted by atomic mass is 16.2. The summed E-state index contributed by atoms with van der Waals surface area (Å²) in [4.78, 5) is 14.7. The van der Waals surface area contributed by atoms with E-state index < -0.39 is 0 Å². The van der Waals surface area contributed by atoms with Crippen molar-refractivity contribution in [2.75, 3.05) is 6.54 Å². The maximum absolute atomic E-state index is 12.5. The molecular formula is C15H26N2O. The van der Waals surface area contributed by atoms with Gasteiger partial charge in [0.1, 0.15) is 0 Å². The molecule has 0 bridgehead atoms. The van der Waals surface area contributed by atoms with E-state index in [0.717, 1.165) is 25.3 Å². The molecule has 0 radical (unpaired) electrons. The van der Waals surface area contributed by atoms with Gasteiger partial charge in [-0.05, 0) is 44.4 Å². The van der Waals surface area contributed by atoms with Crippen molar-refractivity contribution in [3.05, 3.63) is 0 Å². The Morgan fingerprint density at radius 3 is 2.33 bits per heavy atom. The van der Waals surface area contributed by atoms with Gasteiger partial charge < -0.3 is 10.6 Å². The fourth-order valence-corrected chi connectivity index (χ4v) is 3.25. The first-order valence-corrected chi connectivity index (χ1v) is 7.75. The number of carbonyl (C=O) groups excluding carboxylic acids is 1. The zero-order valence-corrected chi connectivity index (χ0v) is 11.4. The molecule has 0 saturated heterocycles. The smallest absolute Gasteiger partial charge is 0.224 e. The molecule has 0 spiro atoms. The summed E-state index contributed by atoms with van der Waals surface area (Å²) in [6.45, 7) is 1.01. The van der Waals surface area contributed by atoms with Crippen LogP contribution in [0.5, 0.6) is 0 Å². The van der Waals surface area contributed by atoms with Gasteiger partial charge in [-0.3, -0.25) is 4.79 Å². The molecule has 18 heavy (non-hydrogen) atoms. The topological polar surface area (TPSA) is 46.3 Å². The van der Waals surface area contributed by atoms with Crippen LogP contribution < -0.4 is 5.73 Å². The maximum Gasteiger partial charge on any atom is 0.224 e. The highest BCUT2D eigenvalue weighted by Gasteiger charge is 2.39. The van der Waals surface area contributed by atoms with Crippen molar-refractivity contribution < 1.29 is 4.79 Å². The molecule has 2 N–H and O–H groups in total. The van der Waals surface area contributed by atoms with Crippen LogP contribution in [0.1, 0.15) is 64.2 Å². The third-order valence-electron chi connectivity index (χ3n) is 4.81. The first kappa shape index (κ1) is 12.5.